The van der Waals surface area contributed by atoms with Crippen molar-refractivity contribution < 1.29 is 4.79 Å². The van der Waals surface area contributed by atoms with Gasteiger partial charge in [0, 0.05) is 12.6 Å². The van der Waals surface area contributed by atoms with E-state index in [9.17, 15) is 4.79 Å². The lowest BCUT2D eigenvalue weighted by Crippen LogP contribution is -2.49. The normalized spacial score (nSPS) is 23.0. The Morgan fingerprint density at radius 2 is 2.10 bits per heavy atom. The van der Waals surface area contributed by atoms with Gasteiger partial charge >= 0.3 is 0 Å². The fraction of sp³-hybridized carbons (Fsp3) is 0.533. The fourth-order valence-electron chi connectivity index (χ4n) is 2.73. The first-order chi connectivity index (χ1) is 10.0. The van der Waals surface area contributed by atoms with Crippen molar-refractivity contribution in [3.63, 3.8) is 0 Å². The number of nitrogens with two attached hydrogens (primary N) is 1. The van der Waals surface area contributed by atoms with E-state index in [4.69, 9.17) is 28.9 Å². The van der Waals surface area contributed by atoms with Crippen molar-refractivity contribution in [1.29, 1.82) is 0 Å². The van der Waals surface area contributed by atoms with E-state index in [1.54, 1.807) is 18.2 Å². The molecule has 0 radical (unpaired) electrons. The molecular weight excluding hydrogens is 309 g/mol. The van der Waals surface area contributed by atoms with E-state index in [1.165, 1.54) is 0 Å². The number of carbonyl (C=O) groups is 1. The van der Waals surface area contributed by atoms with Crippen LogP contribution in [0.3, 0.4) is 0 Å². The Morgan fingerprint density at radius 1 is 1.43 bits per heavy atom. The van der Waals surface area contributed by atoms with E-state index in [1.807, 2.05) is 0 Å². The average Bonchev–Trinajstić information content (AvgIpc) is 2.45. The van der Waals surface area contributed by atoms with Gasteiger partial charge in [-0.15, -0.1) is 0 Å². The monoisotopic (exact) mass is 329 g/mol. The average molecular weight is 330 g/mol. The van der Waals surface area contributed by atoms with Crippen LogP contribution in [-0.4, -0.2) is 36.5 Å². The largest absolute Gasteiger partial charge is 0.329 e. The zero-order valence-corrected chi connectivity index (χ0v) is 13.6. The molecule has 6 heteroatoms. The number of carbonyl (C=O) groups excluding carboxylic acids is 1. The van der Waals surface area contributed by atoms with Crippen LogP contribution < -0.4 is 11.1 Å². The second kappa shape index (κ2) is 7.45. The minimum Gasteiger partial charge on any atom is -0.329 e. The molecule has 1 aliphatic heterocycles. The summed E-state index contributed by atoms with van der Waals surface area (Å²) in [5, 5.41) is 3.68. The summed E-state index contributed by atoms with van der Waals surface area (Å²) in [6.07, 6.45) is 2.13. The van der Waals surface area contributed by atoms with Crippen LogP contribution in [0.25, 0.3) is 0 Å². The van der Waals surface area contributed by atoms with Gasteiger partial charge < -0.3 is 11.1 Å². The zero-order valence-electron chi connectivity index (χ0n) is 12.1. The first-order valence-electron chi connectivity index (χ1n) is 7.19. The quantitative estimate of drug-likeness (QED) is 0.892. The number of nitrogens with one attached hydrogen (secondary N) is 1. The number of anilines is 1. The number of amides is 1. The summed E-state index contributed by atoms with van der Waals surface area (Å²) in [4.78, 5) is 14.4. The number of para-hydroxylation sites is 1. The van der Waals surface area contributed by atoms with E-state index in [0.29, 0.717) is 34.7 Å². The highest BCUT2D eigenvalue weighted by molar-refractivity contribution is 6.39. The molecular formula is C15H21Cl2N3O. The van der Waals surface area contributed by atoms with E-state index < -0.39 is 0 Å². The molecule has 116 valence electrons. The molecule has 0 saturated carbocycles. The van der Waals surface area contributed by atoms with Crippen LogP contribution in [0.4, 0.5) is 5.69 Å². The van der Waals surface area contributed by atoms with Crippen molar-refractivity contribution in [3.05, 3.63) is 28.2 Å². The number of rotatable bonds is 4. The van der Waals surface area contributed by atoms with Crippen LogP contribution in [0.15, 0.2) is 18.2 Å². The molecule has 3 N–H and O–H groups in total. The van der Waals surface area contributed by atoms with E-state index >= 15 is 0 Å². The Morgan fingerprint density at radius 3 is 2.71 bits per heavy atom. The summed E-state index contributed by atoms with van der Waals surface area (Å²) in [6.45, 7) is 4.01. The summed E-state index contributed by atoms with van der Waals surface area (Å²) in [5.74, 6) is 0.550. The second-order valence-corrected chi connectivity index (χ2v) is 6.45. The predicted octanol–water partition coefficient (Wildman–Crippen LogP) is 2.99. The highest BCUT2D eigenvalue weighted by Gasteiger charge is 2.26. The minimum absolute atomic E-state index is 0.113. The highest BCUT2D eigenvalue weighted by atomic mass is 35.5. The SMILES string of the molecule is CC1CCN(CC(=O)Nc2c(Cl)cccc2Cl)C(CN)C1. The Bertz CT molecular complexity index is 489. The molecule has 21 heavy (non-hydrogen) atoms. The molecule has 0 bridgehead atoms. The lowest BCUT2D eigenvalue weighted by Gasteiger charge is -2.37. The van der Waals surface area contributed by atoms with Gasteiger partial charge in [-0.3, -0.25) is 9.69 Å². The summed E-state index contributed by atoms with van der Waals surface area (Å²) >= 11 is 12.1. The maximum Gasteiger partial charge on any atom is 0.238 e. The molecule has 0 spiro atoms. The Hall–Kier alpha value is -0.810. The Kier molecular flexibility index (Phi) is 5.88. The number of hydrogen-bond acceptors (Lipinski definition) is 3. The van der Waals surface area contributed by atoms with Gasteiger partial charge in [0.05, 0.1) is 22.3 Å². The van der Waals surface area contributed by atoms with Crippen molar-refractivity contribution in [3.8, 4) is 0 Å². The van der Waals surface area contributed by atoms with Crippen molar-refractivity contribution in [1.82, 2.24) is 4.90 Å². The van der Waals surface area contributed by atoms with Crippen molar-refractivity contribution >= 4 is 34.8 Å². The highest BCUT2D eigenvalue weighted by Crippen LogP contribution is 2.30. The van der Waals surface area contributed by atoms with Gasteiger partial charge in [0.2, 0.25) is 5.91 Å². The minimum atomic E-state index is -0.113. The third-order valence-electron chi connectivity index (χ3n) is 3.95. The maximum absolute atomic E-state index is 12.2. The van der Waals surface area contributed by atoms with Gasteiger partial charge in [-0.1, -0.05) is 36.2 Å². The fourth-order valence-corrected chi connectivity index (χ4v) is 3.23. The molecule has 2 unspecified atom stereocenters. The van der Waals surface area contributed by atoms with Gasteiger partial charge in [0.25, 0.3) is 0 Å². The van der Waals surface area contributed by atoms with E-state index in [2.05, 4.69) is 17.1 Å². The van der Waals surface area contributed by atoms with Gasteiger partial charge in [-0.05, 0) is 37.4 Å². The van der Waals surface area contributed by atoms with Crippen LogP contribution in [0.5, 0.6) is 0 Å². The topological polar surface area (TPSA) is 58.4 Å². The summed E-state index contributed by atoms with van der Waals surface area (Å²) < 4.78 is 0. The van der Waals surface area contributed by atoms with Crippen molar-refractivity contribution in [2.75, 3.05) is 25.0 Å². The molecule has 1 amide bonds. The van der Waals surface area contributed by atoms with Crippen LogP contribution >= 0.6 is 23.2 Å². The second-order valence-electron chi connectivity index (χ2n) is 5.63. The summed E-state index contributed by atoms with van der Waals surface area (Å²) in [6, 6.07) is 5.42. The molecule has 2 rings (SSSR count). The molecule has 1 heterocycles. The zero-order chi connectivity index (χ0) is 15.4. The third-order valence-corrected chi connectivity index (χ3v) is 4.58. The van der Waals surface area contributed by atoms with Crippen molar-refractivity contribution in [2.45, 2.75) is 25.8 Å². The smallest absolute Gasteiger partial charge is 0.238 e. The molecule has 1 aromatic rings. The summed E-state index contributed by atoms with van der Waals surface area (Å²) in [5.41, 5.74) is 6.29. The number of piperidine rings is 1. The Balaban J connectivity index is 1.98. The standard InChI is InChI=1S/C15H21Cl2N3O/c1-10-5-6-20(11(7-10)8-18)9-14(21)19-15-12(16)3-2-4-13(15)17/h2-4,10-11H,5-9,18H2,1H3,(H,19,21). The third kappa shape index (κ3) is 4.33. The number of halogens is 2. The van der Waals surface area contributed by atoms with Gasteiger partial charge in [0.1, 0.15) is 0 Å². The van der Waals surface area contributed by atoms with Gasteiger partial charge in [-0.2, -0.15) is 0 Å². The molecule has 0 aromatic heterocycles. The van der Waals surface area contributed by atoms with Crippen molar-refractivity contribution in [2.24, 2.45) is 11.7 Å². The van der Waals surface area contributed by atoms with Crippen LogP contribution in [0, 0.1) is 5.92 Å². The van der Waals surface area contributed by atoms with E-state index in [-0.39, 0.29) is 11.9 Å². The molecule has 0 aliphatic carbocycles. The number of likely N-dealkylation sites (tertiary alicyclic amines) is 1. The number of benzene rings is 1. The van der Waals surface area contributed by atoms with Gasteiger partial charge in [0.15, 0.2) is 0 Å². The lowest BCUT2D eigenvalue weighted by molar-refractivity contribution is -0.118. The number of nitrogens with zero attached hydrogens (tertiary/aromatic N) is 1. The first-order valence-corrected chi connectivity index (χ1v) is 7.94. The van der Waals surface area contributed by atoms with Crippen LogP contribution in [0.2, 0.25) is 10.0 Å². The van der Waals surface area contributed by atoms with Gasteiger partial charge in [-0.25, -0.2) is 0 Å². The maximum atomic E-state index is 12.2. The molecule has 1 aliphatic rings. The van der Waals surface area contributed by atoms with E-state index in [0.717, 1.165) is 19.4 Å². The number of hydrogen-bond donors (Lipinski definition) is 2. The molecule has 1 saturated heterocycles. The summed E-state index contributed by atoms with van der Waals surface area (Å²) in [7, 11) is 0. The molecule has 1 aromatic carbocycles. The predicted molar refractivity (Wildman–Crippen MR) is 87.9 cm³/mol. The lowest BCUT2D eigenvalue weighted by atomic mass is 9.92. The molecule has 2 atom stereocenters. The first kappa shape index (κ1) is 16.6. The molecule has 4 nitrogen and oxygen atoms in total. The molecule has 1 fully saturated rings. The Labute approximate surface area is 135 Å². The van der Waals surface area contributed by atoms with Crippen LogP contribution in [-0.2, 0) is 4.79 Å². The van der Waals surface area contributed by atoms with Crippen LogP contribution in [0.1, 0.15) is 19.8 Å².